The zero-order valence-electron chi connectivity index (χ0n) is 21.9. The Kier molecular flexibility index (Phi) is 7.02. The van der Waals surface area contributed by atoms with Crippen molar-refractivity contribution in [1.29, 1.82) is 0 Å². The normalized spacial score (nSPS) is 16.6. The van der Waals surface area contributed by atoms with E-state index in [0.717, 1.165) is 41.0 Å². The highest BCUT2D eigenvalue weighted by Gasteiger charge is 2.34. The third kappa shape index (κ3) is 4.95. The largest absolute Gasteiger partial charge is 0.489 e. The van der Waals surface area contributed by atoms with Crippen LogP contribution in [0.15, 0.2) is 52.1 Å². The fourth-order valence-corrected chi connectivity index (χ4v) is 5.57. The quantitative estimate of drug-likeness (QED) is 0.223. The molecule has 1 saturated carbocycles. The third-order valence-electron chi connectivity index (χ3n) is 7.19. The molecule has 9 nitrogen and oxygen atoms in total. The lowest BCUT2D eigenvalue weighted by molar-refractivity contribution is 0.0689. The first-order valence-corrected chi connectivity index (χ1v) is 13.8. The van der Waals surface area contributed by atoms with Crippen LogP contribution >= 0.6 is 23.2 Å². The molecule has 11 heteroatoms. The Morgan fingerprint density at radius 2 is 1.95 bits per heavy atom. The van der Waals surface area contributed by atoms with Crippen LogP contribution in [0.5, 0.6) is 5.75 Å². The molecule has 1 atom stereocenters. The summed E-state index contributed by atoms with van der Waals surface area (Å²) in [5, 5.41) is 23.1. The van der Waals surface area contributed by atoms with Crippen LogP contribution in [0.2, 0.25) is 10.0 Å². The first kappa shape index (κ1) is 26.4. The van der Waals surface area contributed by atoms with Crippen molar-refractivity contribution >= 4 is 34.9 Å². The first-order valence-electron chi connectivity index (χ1n) is 13.0. The number of aromatic nitrogens is 3. The smallest absolute Gasteiger partial charge is 0.356 e. The number of rotatable bonds is 9. The highest BCUT2D eigenvalue weighted by molar-refractivity contribution is 6.39. The second kappa shape index (κ2) is 10.6. The van der Waals surface area contributed by atoms with Gasteiger partial charge in [-0.1, -0.05) is 39.6 Å². The number of aromatic carboxylic acids is 1. The van der Waals surface area contributed by atoms with Crippen LogP contribution in [0.4, 0.5) is 0 Å². The number of carboxylic acids is 1. The second-order valence-corrected chi connectivity index (χ2v) is 10.7. The SMILES string of the molecule is CCn1nc(C(=O)O)cc1C1CC(c2ccc(OCc3c(-c4c(Cl)cccc4Cl)noc3C3CC3)cc2C)=NO1. The molecule has 1 unspecified atom stereocenters. The molecule has 1 aliphatic carbocycles. The number of aryl methyl sites for hydroxylation is 2. The van der Waals surface area contributed by atoms with E-state index in [-0.39, 0.29) is 12.3 Å². The maximum absolute atomic E-state index is 11.4. The number of carboxylic acid groups (broad SMARTS) is 1. The van der Waals surface area contributed by atoms with Gasteiger partial charge >= 0.3 is 5.97 Å². The molecular weight excluding hydrogens is 555 g/mol. The topological polar surface area (TPSA) is 112 Å². The minimum Gasteiger partial charge on any atom is -0.489 e. The van der Waals surface area contributed by atoms with Gasteiger partial charge in [0.1, 0.15) is 23.8 Å². The predicted molar refractivity (Wildman–Crippen MR) is 149 cm³/mol. The number of hydrogen-bond donors (Lipinski definition) is 1. The Morgan fingerprint density at radius 1 is 1.18 bits per heavy atom. The molecule has 2 aliphatic rings. The van der Waals surface area contributed by atoms with E-state index in [9.17, 15) is 9.90 Å². The molecular formula is C29H26Cl2N4O5. The summed E-state index contributed by atoms with van der Waals surface area (Å²) in [4.78, 5) is 17.1. The van der Waals surface area contributed by atoms with E-state index in [4.69, 9.17) is 37.3 Å². The van der Waals surface area contributed by atoms with Crippen molar-refractivity contribution in [3.8, 4) is 17.0 Å². The van der Waals surface area contributed by atoms with E-state index in [1.165, 1.54) is 0 Å². The average Bonchev–Trinajstić information content (AvgIpc) is 3.32. The number of oxime groups is 1. The molecule has 40 heavy (non-hydrogen) atoms. The van der Waals surface area contributed by atoms with Crippen molar-refractivity contribution < 1.29 is 24.0 Å². The van der Waals surface area contributed by atoms with Crippen molar-refractivity contribution in [2.24, 2.45) is 5.16 Å². The Hall–Kier alpha value is -3.82. The van der Waals surface area contributed by atoms with Gasteiger partial charge in [0.25, 0.3) is 0 Å². The van der Waals surface area contributed by atoms with Crippen LogP contribution < -0.4 is 4.74 Å². The van der Waals surface area contributed by atoms with Gasteiger partial charge in [0, 0.05) is 30.0 Å². The van der Waals surface area contributed by atoms with Crippen LogP contribution in [0, 0.1) is 6.92 Å². The second-order valence-electron chi connectivity index (χ2n) is 9.92. The van der Waals surface area contributed by atoms with Gasteiger partial charge in [0.15, 0.2) is 11.8 Å². The summed E-state index contributed by atoms with van der Waals surface area (Å²) in [5.41, 5.74) is 5.45. The van der Waals surface area contributed by atoms with Gasteiger partial charge in [0.2, 0.25) is 0 Å². The van der Waals surface area contributed by atoms with E-state index < -0.39 is 12.1 Å². The molecule has 1 N–H and O–H groups in total. The van der Waals surface area contributed by atoms with Crippen LogP contribution in [0.25, 0.3) is 11.3 Å². The van der Waals surface area contributed by atoms with E-state index in [1.807, 2.05) is 32.0 Å². The summed E-state index contributed by atoms with van der Waals surface area (Å²) in [7, 11) is 0. The van der Waals surface area contributed by atoms with E-state index >= 15 is 0 Å². The van der Waals surface area contributed by atoms with Crippen molar-refractivity contribution in [2.45, 2.75) is 58.3 Å². The molecule has 3 heterocycles. The Bertz CT molecular complexity index is 1620. The maximum Gasteiger partial charge on any atom is 0.356 e. The monoisotopic (exact) mass is 580 g/mol. The summed E-state index contributed by atoms with van der Waals surface area (Å²) in [6.07, 6.45) is 2.19. The van der Waals surface area contributed by atoms with Gasteiger partial charge in [-0.15, -0.1) is 0 Å². The predicted octanol–water partition coefficient (Wildman–Crippen LogP) is 7.19. The zero-order chi connectivity index (χ0) is 28.0. The number of benzene rings is 2. The van der Waals surface area contributed by atoms with Crippen molar-refractivity contribution in [3.05, 3.63) is 86.3 Å². The molecule has 2 aromatic carbocycles. The van der Waals surface area contributed by atoms with E-state index in [1.54, 1.807) is 28.9 Å². The average molecular weight is 581 g/mol. The number of carbonyl (C=O) groups is 1. The summed E-state index contributed by atoms with van der Waals surface area (Å²) >= 11 is 13.0. The zero-order valence-corrected chi connectivity index (χ0v) is 23.4. The number of nitrogens with zero attached hydrogens (tertiary/aromatic N) is 4. The fraction of sp³-hybridized carbons (Fsp3) is 0.310. The number of ether oxygens (including phenoxy) is 1. The summed E-state index contributed by atoms with van der Waals surface area (Å²) in [6.45, 7) is 4.67. The van der Waals surface area contributed by atoms with E-state index in [0.29, 0.717) is 51.6 Å². The van der Waals surface area contributed by atoms with E-state index in [2.05, 4.69) is 15.4 Å². The molecule has 1 aliphatic heterocycles. The van der Waals surface area contributed by atoms with Gasteiger partial charge in [-0.2, -0.15) is 5.10 Å². The molecule has 1 fully saturated rings. The fourth-order valence-electron chi connectivity index (χ4n) is 5.00. The molecule has 0 spiro atoms. The summed E-state index contributed by atoms with van der Waals surface area (Å²) in [6, 6.07) is 12.7. The van der Waals surface area contributed by atoms with Crippen molar-refractivity contribution in [1.82, 2.24) is 14.9 Å². The maximum atomic E-state index is 11.4. The molecule has 0 radical (unpaired) electrons. The molecule has 0 amide bonds. The van der Waals surface area contributed by atoms with Gasteiger partial charge in [-0.25, -0.2) is 4.79 Å². The standard InChI is InChI=1S/C29H26Cl2N4O5/c1-3-35-24(12-23(32-35)29(36)37)25-13-22(33-39-25)18-10-9-17(11-15(18)2)38-14-19-27(34-40-28(19)16-7-8-16)26-20(30)5-4-6-21(26)31/h4-6,9-12,16,25H,3,7-8,13-14H2,1-2H3,(H,36,37). The van der Waals surface area contributed by atoms with Gasteiger partial charge in [0.05, 0.1) is 27.0 Å². The van der Waals surface area contributed by atoms with Crippen LogP contribution in [-0.4, -0.2) is 31.7 Å². The Balaban J connectivity index is 1.19. The lowest BCUT2D eigenvalue weighted by Crippen LogP contribution is -2.09. The highest BCUT2D eigenvalue weighted by atomic mass is 35.5. The van der Waals surface area contributed by atoms with Crippen molar-refractivity contribution in [2.75, 3.05) is 0 Å². The third-order valence-corrected chi connectivity index (χ3v) is 7.82. The van der Waals surface area contributed by atoms with Crippen molar-refractivity contribution in [3.63, 3.8) is 0 Å². The Morgan fingerprint density at radius 3 is 2.62 bits per heavy atom. The highest BCUT2D eigenvalue weighted by Crippen LogP contribution is 2.46. The van der Waals surface area contributed by atoms with Gasteiger partial charge in [-0.05, 0) is 68.7 Å². The molecule has 4 aromatic rings. The first-order chi connectivity index (χ1) is 19.3. The molecule has 0 bridgehead atoms. The van der Waals surface area contributed by atoms with Crippen LogP contribution in [0.3, 0.4) is 0 Å². The summed E-state index contributed by atoms with van der Waals surface area (Å²) in [5.74, 6) is 0.762. The van der Waals surface area contributed by atoms with Gasteiger partial charge in [-0.3, -0.25) is 4.68 Å². The molecule has 2 aromatic heterocycles. The molecule has 206 valence electrons. The Labute approximate surface area is 240 Å². The number of halogens is 2. The lowest BCUT2D eigenvalue weighted by Gasteiger charge is -2.12. The lowest BCUT2D eigenvalue weighted by atomic mass is 9.99. The number of hydrogen-bond acceptors (Lipinski definition) is 7. The minimum atomic E-state index is -1.07. The molecule has 0 saturated heterocycles. The summed E-state index contributed by atoms with van der Waals surface area (Å²) < 4.78 is 13.6. The molecule has 6 rings (SSSR count). The van der Waals surface area contributed by atoms with Crippen LogP contribution in [-0.2, 0) is 18.0 Å². The van der Waals surface area contributed by atoms with Crippen LogP contribution in [0.1, 0.15) is 76.8 Å². The minimum absolute atomic E-state index is 0.00999. The van der Waals surface area contributed by atoms with Gasteiger partial charge < -0.3 is 19.2 Å².